The van der Waals surface area contributed by atoms with Crippen LogP contribution >= 0.6 is 0 Å². The molecule has 2 aromatic rings. The number of rotatable bonds is 7. The summed E-state index contributed by atoms with van der Waals surface area (Å²) in [7, 11) is 0. The molecule has 0 saturated carbocycles. The van der Waals surface area contributed by atoms with Crippen LogP contribution in [0.15, 0.2) is 60.7 Å². The highest BCUT2D eigenvalue weighted by atomic mass is 14.3. The van der Waals surface area contributed by atoms with Crippen LogP contribution in [-0.2, 0) is 5.41 Å². The summed E-state index contributed by atoms with van der Waals surface area (Å²) < 4.78 is 0. The van der Waals surface area contributed by atoms with Gasteiger partial charge >= 0.3 is 0 Å². The van der Waals surface area contributed by atoms with Gasteiger partial charge in [-0.2, -0.15) is 0 Å². The molecule has 2 aromatic carbocycles. The third kappa shape index (κ3) is 3.97. The molecule has 0 heteroatoms. The van der Waals surface area contributed by atoms with E-state index in [4.69, 9.17) is 0 Å². The second-order valence-electron chi connectivity index (χ2n) is 6.52. The van der Waals surface area contributed by atoms with E-state index in [1.165, 1.54) is 36.8 Å². The number of hydrogen-bond donors (Lipinski definition) is 0. The molecule has 0 fully saturated rings. The van der Waals surface area contributed by atoms with Gasteiger partial charge in [-0.25, -0.2) is 0 Å². The molecule has 0 nitrogen and oxygen atoms in total. The van der Waals surface area contributed by atoms with E-state index >= 15 is 0 Å². The maximum atomic E-state index is 2.40. The van der Waals surface area contributed by atoms with Crippen LogP contribution < -0.4 is 0 Å². The molecule has 1 atom stereocenters. The molecule has 1 unspecified atom stereocenters. The fourth-order valence-electron chi connectivity index (χ4n) is 3.37. The lowest BCUT2D eigenvalue weighted by Crippen LogP contribution is -2.26. The molecular formula is C21H28. The molecule has 2 rings (SSSR count). The standard InChI is InChI=1S/C21H28/c1-4-5-12-18(2)17-21(3,19-13-8-6-9-14-19)20-15-10-7-11-16-20/h6-11,13-16,18H,4-5,12,17H2,1-3H3. The van der Waals surface area contributed by atoms with Gasteiger partial charge < -0.3 is 0 Å². The largest absolute Gasteiger partial charge is 0.0654 e. The molecule has 0 N–H and O–H groups in total. The average molecular weight is 280 g/mol. The molecule has 21 heavy (non-hydrogen) atoms. The van der Waals surface area contributed by atoms with Gasteiger partial charge in [-0.15, -0.1) is 0 Å². The predicted molar refractivity (Wildman–Crippen MR) is 92.6 cm³/mol. The summed E-state index contributed by atoms with van der Waals surface area (Å²) in [4.78, 5) is 0. The number of hydrogen-bond acceptors (Lipinski definition) is 0. The first-order valence-electron chi connectivity index (χ1n) is 8.28. The Balaban J connectivity index is 2.31. The molecule has 0 aliphatic heterocycles. The SMILES string of the molecule is CCCCC(C)CC(C)(c1ccccc1)c1ccccc1. The minimum Gasteiger partial charge on any atom is -0.0654 e. The zero-order valence-corrected chi connectivity index (χ0v) is 13.7. The van der Waals surface area contributed by atoms with Gasteiger partial charge in [0.15, 0.2) is 0 Å². The molecule has 0 aromatic heterocycles. The topological polar surface area (TPSA) is 0 Å². The third-order valence-electron chi connectivity index (χ3n) is 4.63. The van der Waals surface area contributed by atoms with Crippen LogP contribution in [0.1, 0.15) is 57.6 Å². The van der Waals surface area contributed by atoms with Crippen molar-refractivity contribution in [1.29, 1.82) is 0 Å². The lowest BCUT2D eigenvalue weighted by molar-refractivity contribution is 0.377. The monoisotopic (exact) mass is 280 g/mol. The summed E-state index contributed by atoms with van der Waals surface area (Å²) in [5, 5.41) is 0. The summed E-state index contributed by atoms with van der Waals surface area (Å²) in [6.07, 6.45) is 5.16. The van der Waals surface area contributed by atoms with Crippen LogP contribution in [0.2, 0.25) is 0 Å². The second kappa shape index (κ2) is 7.45. The Kier molecular flexibility index (Phi) is 5.61. The summed E-state index contributed by atoms with van der Waals surface area (Å²) in [5.74, 6) is 0.746. The molecule has 0 aliphatic carbocycles. The first-order chi connectivity index (χ1) is 10.2. The van der Waals surface area contributed by atoms with Gasteiger partial charge in [-0.05, 0) is 23.5 Å². The van der Waals surface area contributed by atoms with Crippen LogP contribution in [0.4, 0.5) is 0 Å². The van der Waals surface area contributed by atoms with Gasteiger partial charge in [0.1, 0.15) is 0 Å². The Morgan fingerprint density at radius 3 is 1.76 bits per heavy atom. The van der Waals surface area contributed by atoms with Crippen molar-refractivity contribution in [2.75, 3.05) is 0 Å². The van der Waals surface area contributed by atoms with E-state index in [-0.39, 0.29) is 5.41 Å². The number of benzene rings is 2. The second-order valence-corrected chi connectivity index (χ2v) is 6.52. The third-order valence-corrected chi connectivity index (χ3v) is 4.63. The van der Waals surface area contributed by atoms with Crippen molar-refractivity contribution in [3.63, 3.8) is 0 Å². The lowest BCUT2D eigenvalue weighted by Gasteiger charge is -2.34. The van der Waals surface area contributed by atoms with E-state index in [1.54, 1.807) is 0 Å². The van der Waals surface area contributed by atoms with Gasteiger partial charge in [0.05, 0.1) is 0 Å². The smallest absolute Gasteiger partial charge is 0.0177 e. The first-order valence-corrected chi connectivity index (χ1v) is 8.28. The highest BCUT2D eigenvalue weighted by Crippen LogP contribution is 2.38. The molecule has 0 amide bonds. The van der Waals surface area contributed by atoms with Crippen LogP contribution in [-0.4, -0.2) is 0 Å². The fraction of sp³-hybridized carbons (Fsp3) is 0.429. The molecule has 0 saturated heterocycles. The van der Waals surface area contributed by atoms with Crippen molar-refractivity contribution in [2.24, 2.45) is 5.92 Å². The van der Waals surface area contributed by atoms with E-state index in [0.29, 0.717) is 0 Å². The normalized spacial score (nSPS) is 13.1. The van der Waals surface area contributed by atoms with Crippen molar-refractivity contribution < 1.29 is 0 Å². The van der Waals surface area contributed by atoms with Gasteiger partial charge in [-0.3, -0.25) is 0 Å². The Hall–Kier alpha value is -1.56. The molecule has 0 radical (unpaired) electrons. The van der Waals surface area contributed by atoms with Gasteiger partial charge in [-0.1, -0.05) is 101 Å². The summed E-state index contributed by atoms with van der Waals surface area (Å²) in [6.45, 7) is 7.08. The lowest BCUT2D eigenvalue weighted by atomic mass is 9.70. The highest BCUT2D eigenvalue weighted by Gasteiger charge is 2.30. The summed E-state index contributed by atoms with van der Waals surface area (Å²) in [5.41, 5.74) is 2.97. The van der Waals surface area contributed by atoms with Crippen LogP contribution in [0.25, 0.3) is 0 Å². The van der Waals surface area contributed by atoms with Gasteiger partial charge in [0, 0.05) is 5.41 Å². The molecule has 0 bridgehead atoms. The van der Waals surface area contributed by atoms with E-state index in [2.05, 4.69) is 81.4 Å². The van der Waals surface area contributed by atoms with Crippen LogP contribution in [0.3, 0.4) is 0 Å². The van der Waals surface area contributed by atoms with Gasteiger partial charge in [0.2, 0.25) is 0 Å². The summed E-state index contributed by atoms with van der Waals surface area (Å²) >= 11 is 0. The molecule has 0 heterocycles. The Bertz CT molecular complexity index is 473. The van der Waals surface area contributed by atoms with E-state index in [0.717, 1.165) is 5.92 Å². The van der Waals surface area contributed by atoms with Gasteiger partial charge in [0.25, 0.3) is 0 Å². The Labute approximate surface area is 130 Å². The van der Waals surface area contributed by atoms with Crippen molar-refractivity contribution in [1.82, 2.24) is 0 Å². The summed E-state index contributed by atoms with van der Waals surface area (Å²) in [6, 6.07) is 22.0. The average Bonchev–Trinajstić information content (AvgIpc) is 2.54. The predicted octanol–water partition coefficient (Wildman–Crippen LogP) is 6.21. The van der Waals surface area contributed by atoms with Crippen molar-refractivity contribution in [2.45, 2.75) is 51.9 Å². The minimum atomic E-state index is 0.107. The Morgan fingerprint density at radius 1 is 0.857 bits per heavy atom. The van der Waals surface area contributed by atoms with Crippen molar-refractivity contribution in [3.8, 4) is 0 Å². The van der Waals surface area contributed by atoms with Crippen LogP contribution in [0.5, 0.6) is 0 Å². The molecule has 112 valence electrons. The maximum Gasteiger partial charge on any atom is 0.0177 e. The quantitative estimate of drug-likeness (QED) is 0.565. The highest BCUT2D eigenvalue weighted by molar-refractivity contribution is 5.38. The van der Waals surface area contributed by atoms with E-state index in [9.17, 15) is 0 Å². The van der Waals surface area contributed by atoms with E-state index < -0.39 is 0 Å². The first kappa shape index (κ1) is 15.8. The van der Waals surface area contributed by atoms with Crippen molar-refractivity contribution >= 4 is 0 Å². The fourth-order valence-corrected chi connectivity index (χ4v) is 3.37. The zero-order valence-electron chi connectivity index (χ0n) is 13.7. The molecule has 0 aliphatic rings. The maximum absolute atomic E-state index is 2.40. The Morgan fingerprint density at radius 2 is 1.33 bits per heavy atom. The van der Waals surface area contributed by atoms with E-state index in [1.807, 2.05) is 0 Å². The van der Waals surface area contributed by atoms with Crippen LogP contribution in [0, 0.1) is 5.92 Å². The van der Waals surface area contributed by atoms with Crippen molar-refractivity contribution in [3.05, 3.63) is 71.8 Å². The molecular weight excluding hydrogens is 252 g/mol. The number of unbranched alkanes of at least 4 members (excludes halogenated alkanes) is 1. The zero-order chi connectivity index (χ0) is 15.1. The molecule has 0 spiro atoms. The minimum absolute atomic E-state index is 0.107.